The van der Waals surface area contributed by atoms with E-state index >= 15 is 0 Å². The highest BCUT2D eigenvalue weighted by Gasteiger charge is 2.17. The fourth-order valence-corrected chi connectivity index (χ4v) is 2.01. The molecule has 1 aromatic heterocycles. The van der Waals surface area contributed by atoms with Gasteiger partial charge >= 0.3 is 5.97 Å². The lowest BCUT2D eigenvalue weighted by atomic mass is 10.1. The van der Waals surface area contributed by atoms with Crippen LogP contribution in [0.5, 0.6) is 5.75 Å². The van der Waals surface area contributed by atoms with Gasteiger partial charge in [-0.25, -0.2) is 4.79 Å². The van der Waals surface area contributed by atoms with Crippen molar-refractivity contribution in [1.29, 1.82) is 0 Å². The first-order valence-electron chi connectivity index (χ1n) is 4.75. The first-order valence-corrected chi connectivity index (χ1v) is 5.54. The van der Waals surface area contributed by atoms with Gasteiger partial charge in [0.2, 0.25) is 0 Å². The number of nitrogens with one attached hydrogen (secondary N) is 1. The highest BCUT2D eigenvalue weighted by Crippen LogP contribution is 2.30. The van der Waals surface area contributed by atoms with Crippen molar-refractivity contribution in [2.24, 2.45) is 0 Å². The van der Waals surface area contributed by atoms with Crippen LogP contribution in [-0.4, -0.2) is 28.4 Å². The van der Waals surface area contributed by atoms with Crippen molar-refractivity contribution in [2.45, 2.75) is 0 Å². The van der Waals surface area contributed by atoms with Gasteiger partial charge < -0.3 is 9.84 Å². The molecule has 0 amide bonds. The van der Waals surface area contributed by atoms with Gasteiger partial charge in [-0.3, -0.25) is 5.10 Å². The second kappa shape index (κ2) is 4.58. The summed E-state index contributed by atoms with van der Waals surface area (Å²) in [6, 6.07) is 7.24. The Morgan fingerprint density at radius 1 is 1.53 bits per heavy atom. The van der Waals surface area contributed by atoms with Crippen LogP contribution in [0.2, 0.25) is 0 Å². The molecule has 0 fully saturated rings. The number of halogens is 1. The lowest BCUT2D eigenvalue weighted by molar-refractivity contribution is 0.0689. The molecule has 2 rings (SSSR count). The van der Waals surface area contributed by atoms with Gasteiger partial charge in [-0.2, -0.15) is 5.10 Å². The van der Waals surface area contributed by atoms with Crippen molar-refractivity contribution in [3.8, 4) is 17.0 Å². The number of hydrogen-bond acceptors (Lipinski definition) is 3. The molecule has 0 aliphatic heterocycles. The third-order valence-corrected chi connectivity index (χ3v) is 3.04. The minimum Gasteiger partial charge on any atom is -0.497 e. The minimum atomic E-state index is -1.06. The Morgan fingerprint density at radius 3 is 2.88 bits per heavy atom. The summed E-state index contributed by atoms with van der Waals surface area (Å²) in [7, 11) is 1.57. The van der Waals surface area contributed by atoms with Gasteiger partial charge in [0.05, 0.1) is 11.6 Å². The Morgan fingerprint density at radius 2 is 2.29 bits per heavy atom. The summed E-state index contributed by atoms with van der Waals surface area (Å²) in [5.74, 6) is -0.368. The highest BCUT2D eigenvalue weighted by molar-refractivity contribution is 9.10. The van der Waals surface area contributed by atoms with E-state index in [1.165, 1.54) is 0 Å². The molecule has 17 heavy (non-hydrogen) atoms. The topological polar surface area (TPSA) is 75.2 Å². The van der Waals surface area contributed by atoms with Crippen LogP contribution >= 0.6 is 15.9 Å². The zero-order valence-electron chi connectivity index (χ0n) is 8.90. The number of carboxylic acids is 1. The number of nitrogens with zero attached hydrogens (tertiary/aromatic N) is 1. The van der Waals surface area contributed by atoms with Crippen LogP contribution in [0.3, 0.4) is 0 Å². The molecule has 0 aliphatic rings. The van der Waals surface area contributed by atoms with Gasteiger partial charge in [0, 0.05) is 5.56 Å². The fourth-order valence-electron chi connectivity index (χ4n) is 1.43. The maximum absolute atomic E-state index is 10.9. The van der Waals surface area contributed by atoms with Crippen molar-refractivity contribution in [2.75, 3.05) is 7.11 Å². The molecule has 0 spiro atoms. The number of aromatic amines is 1. The zero-order valence-corrected chi connectivity index (χ0v) is 10.5. The van der Waals surface area contributed by atoms with Crippen molar-refractivity contribution < 1.29 is 14.6 Å². The average Bonchev–Trinajstić information content (AvgIpc) is 2.71. The molecule has 0 saturated heterocycles. The molecule has 0 unspecified atom stereocenters. The smallest absolute Gasteiger partial charge is 0.355 e. The van der Waals surface area contributed by atoms with Crippen LogP contribution < -0.4 is 4.74 Å². The predicted octanol–water partition coefficient (Wildman–Crippen LogP) is 2.55. The molecule has 1 heterocycles. The van der Waals surface area contributed by atoms with E-state index in [0.717, 1.165) is 5.56 Å². The number of aromatic nitrogens is 2. The van der Waals surface area contributed by atoms with E-state index in [0.29, 0.717) is 15.9 Å². The van der Waals surface area contributed by atoms with Crippen LogP contribution in [-0.2, 0) is 0 Å². The van der Waals surface area contributed by atoms with Gasteiger partial charge in [0.25, 0.3) is 0 Å². The van der Waals surface area contributed by atoms with Gasteiger partial charge in [-0.1, -0.05) is 12.1 Å². The maximum atomic E-state index is 10.9. The summed E-state index contributed by atoms with van der Waals surface area (Å²) < 4.78 is 5.53. The number of rotatable bonds is 3. The Labute approximate surface area is 106 Å². The van der Waals surface area contributed by atoms with Crippen LogP contribution in [0.15, 0.2) is 28.7 Å². The summed E-state index contributed by atoms with van der Waals surface area (Å²) in [6.45, 7) is 0. The van der Waals surface area contributed by atoms with E-state index in [4.69, 9.17) is 9.84 Å². The van der Waals surface area contributed by atoms with Crippen molar-refractivity contribution >= 4 is 21.9 Å². The molecule has 5 nitrogen and oxygen atoms in total. The molecule has 1 aromatic carbocycles. The molecule has 0 atom stereocenters. The van der Waals surface area contributed by atoms with Crippen LogP contribution in [0.25, 0.3) is 11.3 Å². The third-order valence-electron chi connectivity index (χ3n) is 2.26. The number of carboxylic acid groups (broad SMARTS) is 1. The molecular formula is C11H9BrN2O3. The first-order chi connectivity index (χ1) is 8.13. The summed E-state index contributed by atoms with van der Waals surface area (Å²) in [5, 5.41) is 15.3. The van der Waals surface area contributed by atoms with Gasteiger partial charge in [0.1, 0.15) is 11.4 Å². The minimum absolute atomic E-state index is 0.0304. The van der Waals surface area contributed by atoms with Crippen LogP contribution in [0, 0.1) is 0 Å². The molecule has 88 valence electrons. The number of hydrogen-bond donors (Lipinski definition) is 2. The Hall–Kier alpha value is -1.82. The number of ether oxygens (including phenoxy) is 1. The number of aromatic carboxylic acids is 1. The average molecular weight is 297 g/mol. The molecule has 0 radical (unpaired) electrons. The van der Waals surface area contributed by atoms with Crippen LogP contribution in [0.1, 0.15) is 10.5 Å². The molecule has 2 N–H and O–H groups in total. The fraction of sp³-hybridized carbons (Fsp3) is 0.0909. The number of benzene rings is 1. The van der Waals surface area contributed by atoms with E-state index < -0.39 is 5.97 Å². The molecule has 0 aliphatic carbocycles. The quantitative estimate of drug-likeness (QED) is 0.913. The number of H-pyrrole nitrogens is 1. The van der Waals surface area contributed by atoms with Gasteiger partial charge in [-0.15, -0.1) is 0 Å². The Balaban J connectivity index is 2.49. The summed E-state index contributed by atoms with van der Waals surface area (Å²) in [6.07, 6.45) is 0. The summed E-state index contributed by atoms with van der Waals surface area (Å²) in [5.41, 5.74) is 1.35. The molecule has 6 heteroatoms. The second-order valence-corrected chi connectivity index (χ2v) is 4.09. The molecule has 2 aromatic rings. The lowest BCUT2D eigenvalue weighted by Crippen LogP contribution is -1.96. The largest absolute Gasteiger partial charge is 0.497 e. The number of methoxy groups -OCH3 is 1. The van der Waals surface area contributed by atoms with Gasteiger partial charge in [-0.05, 0) is 28.1 Å². The lowest BCUT2D eigenvalue weighted by Gasteiger charge is -2.02. The van der Waals surface area contributed by atoms with Crippen molar-refractivity contribution in [1.82, 2.24) is 10.2 Å². The second-order valence-electron chi connectivity index (χ2n) is 3.30. The summed E-state index contributed by atoms with van der Waals surface area (Å²) in [4.78, 5) is 10.9. The van der Waals surface area contributed by atoms with E-state index in [2.05, 4.69) is 26.1 Å². The third kappa shape index (κ3) is 2.16. The van der Waals surface area contributed by atoms with Crippen molar-refractivity contribution in [3.63, 3.8) is 0 Å². The van der Waals surface area contributed by atoms with Gasteiger partial charge in [0.15, 0.2) is 5.69 Å². The Bertz CT molecular complexity index is 566. The maximum Gasteiger partial charge on any atom is 0.355 e. The van der Waals surface area contributed by atoms with E-state index in [1.807, 2.05) is 18.2 Å². The standard InChI is InChI=1S/C11H9BrN2O3/c1-17-7-4-2-3-6(5-7)9-8(12)10(11(15)16)14-13-9/h2-5H,1H3,(H,13,14)(H,15,16). The molecule has 0 saturated carbocycles. The first kappa shape index (κ1) is 11.7. The predicted molar refractivity (Wildman–Crippen MR) is 65.2 cm³/mol. The number of carbonyl (C=O) groups is 1. The summed E-state index contributed by atoms with van der Waals surface area (Å²) >= 11 is 3.22. The van der Waals surface area contributed by atoms with Crippen LogP contribution in [0.4, 0.5) is 0 Å². The SMILES string of the molecule is COc1cccc(-c2n[nH]c(C(=O)O)c2Br)c1. The highest BCUT2D eigenvalue weighted by atomic mass is 79.9. The Kier molecular flexibility index (Phi) is 3.14. The van der Waals surface area contributed by atoms with E-state index in [1.54, 1.807) is 13.2 Å². The van der Waals surface area contributed by atoms with E-state index in [9.17, 15) is 4.79 Å². The van der Waals surface area contributed by atoms with E-state index in [-0.39, 0.29) is 5.69 Å². The molecule has 0 bridgehead atoms. The zero-order chi connectivity index (χ0) is 12.4. The van der Waals surface area contributed by atoms with Crippen molar-refractivity contribution in [3.05, 3.63) is 34.4 Å². The monoisotopic (exact) mass is 296 g/mol. The normalized spacial score (nSPS) is 10.2. The molecular weight excluding hydrogens is 288 g/mol.